The van der Waals surface area contributed by atoms with Gasteiger partial charge in [-0.05, 0) is 18.4 Å². The Morgan fingerprint density at radius 3 is 2.00 bits per heavy atom. The summed E-state index contributed by atoms with van der Waals surface area (Å²) < 4.78 is 0. The second-order valence-corrected chi connectivity index (χ2v) is 3.55. The van der Waals surface area contributed by atoms with Crippen LogP contribution in [0.15, 0.2) is 43.0 Å². The highest BCUT2D eigenvalue weighted by Crippen LogP contribution is 2.14. The highest BCUT2D eigenvalue weighted by atomic mass is 16.3. The molecule has 0 aliphatic carbocycles. The van der Waals surface area contributed by atoms with Gasteiger partial charge in [-0.1, -0.05) is 50.3 Å². The number of aliphatic hydroxyl groups excluding tert-OH is 2. The largest absolute Gasteiger partial charge is 0.389 e. The van der Waals surface area contributed by atoms with Gasteiger partial charge in [-0.3, -0.25) is 0 Å². The van der Waals surface area contributed by atoms with E-state index in [0.717, 1.165) is 18.4 Å². The molecule has 0 saturated carbocycles. The van der Waals surface area contributed by atoms with Crippen molar-refractivity contribution in [3.63, 3.8) is 0 Å². The van der Waals surface area contributed by atoms with Crippen molar-refractivity contribution in [2.75, 3.05) is 0 Å². The van der Waals surface area contributed by atoms with Gasteiger partial charge in [0.1, 0.15) is 0 Å². The highest BCUT2D eigenvalue weighted by molar-refractivity contribution is 5.16. The van der Waals surface area contributed by atoms with Crippen molar-refractivity contribution in [2.24, 2.45) is 0 Å². The number of hydrogen-bond acceptors (Lipinski definition) is 2. The number of benzene rings is 1. The molecule has 0 radical (unpaired) electrons. The molecule has 0 saturated heterocycles. The molecule has 2 N–H and O–H groups in total. The third-order valence-electron chi connectivity index (χ3n) is 2.26. The number of hydrogen-bond donors (Lipinski definition) is 2. The molecule has 0 amide bonds. The Labute approximate surface area is 98.3 Å². The minimum absolute atomic E-state index is 0.291. The molecule has 16 heavy (non-hydrogen) atoms. The molecule has 0 fully saturated rings. The molecule has 1 aromatic carbocycles. The Balaban J connectivity index is 0.000000325. The van der Waals surface area contributed by atoms with Crippen molar-refractivity contribution in [3.8, 4) is 0 Å². The summed E-state index contributed by atoms with van der Waals surface area (Å²) in [6.45, 7) is 7.26. The third kappa shape index (κ3) is 6.38. The SMILES string of the molecule is C=CC(O)CC.CCC(O)c1ccccc1. The topological polar surface area (TPSA) is 40.5 Å². The van der Waals surface area contributed by atoms with E-state index < -0.39 is 0 Å². The van der Waals surface area contributed by atoms with Crippen LogP contribution in [0.1, 0.15) is 38.4 Å². The van der Waals surface area contributed by atoms with Crippen LogP contribution < -0.4 is 0 Å². The average Bonchev–Trinajstić information content (AvgIpc) is 2.38. The molecular weight excluding hydrogens is 200 g/mol. The zero-order valence-electron chi connectivity index (χ0n) is 10.1. The first-order valence-corrected chi connectivity index (χ1v) is 5.69. The van der Waals surface area contributed by atoms with Crippen LogP contribution in [-0.4, -0.2) is 16.3 Å². The fourth-order valence-corrected chi connectivity index (χ4v) is 1.08. The molecular formula is C14H22O2. The summed E-state index contributed by atoms with van der Waals surface area (Å²) >= 11 is 0. The first-order chi connectivity index (χ1) is 7.65. The van der Waals surface area contributed by atoms with E-state index in [-0.39, 0.29) is 12.2 Å². The van der Waals surface area contributed by atoms with E-state index in [1.54, 1.807) is 0 Å². The zero-order chi connectivity index (χ0) is 12.4. The lowest BCUT2D eigenvalue weighted by Gasteiger charge is -2.05. The second kappa shape index (κ2) is 9.13. The smallest absolute Gasteiger partial charge is 0.0787 e. The van der Waals surface area contributed by atoms with Crippen molar-refractivity contribution in [1.29, 1.82) is 0 Å². The van der Waals surface area contributed by atoms with E-state index >= 15 is 0 Å². The standard InChI is InChI=1S/C9H12O.C5H10O/c1-2-9(10)8-6-4-3-5-7-8;1-3-5(6)4-2/h3-7,9-10H,2H2,1H3;3,5-6H,1,4H2,2H3. The molecule has 2 heteroatoms. The Hall–Kier alpha value is -1.12. The summed E-state index contributed by atoms with van der Waals surface area (Å²) in [5, 5.41) is 17.9. The van der Waals surface area contributed by atoms with Crippen molar-refractivity contribution >= 4 is 0 Å². The maximum absolute atomic E-state index is 9.33. The third-order valence-corrected chi connectivity index (χ3v) is 2.26. The Morgan fingerprint density at radius 2 is 1.69 bits per heavy atom. The van der Waals surface area contributed by atoms with Crippen LogP contribution in [0.3, 0.4) is 0 Å². The van der Waals surface area contributed by atoms with Gasteiger partial charge in [0.2, 0.25) is 0 Å². The van der Waals surface area contributed by atoms with Gasteiger partial charge in [0.05, 0.1) is 12.2 Å². The van der Waals surface area contributed by atoms with Crippen molar-refractivity contribution in [3.05, 3.63) is 48.6 Å². The molecule has 0 heterocycles. The van der Waals surface area contributed by atoms with E-state index in [0.29, 0.717) is 0 Å². The van der Waals surface area contributed by atoms with Crippen molar-refractivity contribution in [1.82, 2.24) is 0 Å². The molecule has 2 atom stereocenters. The maximum Gasteiger partial charge on any atom is 0.0787 e. The summed E-state index contributed by atoms with van der Waals surface area (Å²) in [7, 11) is 0. The number of rotatable bonds is 4. The van der Waals surface area contributed by atoms with Gasteiger partial charge in [-0.15, -0.1) is 6.58 Å². The Kier molecular flexibility index (Phi) is 8.49. The predicted octanol–water partition coefficient (Wildman–Crippen LogP) is 3.07. The van der Waals surface area contributed by atoms with Crippen LogP contribution in [-0.2, 0) is 0 Å². The van der Waals surface area contributed by atoms with Crippen LogP contribution in [0.25, 0.3) is 0 Å². The first-order valence-electron chi connectivity index (χ1n) is 5.69. The maximum atomic E-state index is 9.33. The van der Waals surface area contributed by atoms with Crippen LogP contribution >= 0.6 is 0 Å². The van der Waals surface area contributed by atoms with E-state index in [1.807, 2.05) is 44.2 Å². The van der Waals surface area contributed by atoms with Crippen LogP contribution in [0.4, 0.5) is 0 Å². The minimum atomic E-state index is -0.301. The van der Waals surface area contributed by atoms with Gasteiger partial charge in [0.25, 0.3) is 0 Å². The van der Waals surface area contributed by atoms with Crippen LogP contribution in [0, 0.1) is 0 Å². The Bertz CT molecular complexity index is 269. The summed E-state index contributed by atoms with van der Waals surface area (Å²) in [5.74, 6) is 0. The van der Waals surface area contributed by atoms with Crippen LogP contribution in [0.2, 0.25) is 0 Å². The highest BCUT2D eigenvalue weighted by Gasteiger charge is 2.00. The van der Waals surface area contributed by atoms with Gasteiger partial charge in [-0.2, -0.15) is 0 Å². The van der Waals surface area contributed by atoms with Crippen LogP contribution in [0.5, 0.6) is 0 Å². The zero-order valence-corrected chi connectivity index (χ0v) is 10.1. The van der Waals surface area contributed by atoms with E-state index in [9.17, 15) is 5.11 Å². The molecule has 2 nitrogen and oxygen atoms in total. The van der Waals surface area contributed by atoms with Gasteiger partial charge >= 0.3 is 0 Å². The van der Waals surface area contributed by atoms with Crippen molar-refractivity contribution < 1.29 is 10.2 Å². The molecule has 0 aliphatic rings. The second-order valence-electron chi connectivity index (χ2n) is 3.55. The minimum Gasteiger partial charge on any atom is -0.389 e. The summed E-state index contributed by atoms with van der Waals surface area (Å²) in [5.41, 5.74) is 1.00. The monoisotopic (exact) mass is 222 g/mol. The lowest BCUT2D eigenvalue weighted by atomic mass is 10.1. The molecule has 1 rings (SSSR count). The lowest BCUT2D eigenvalue weighted by Crippen LogP contribution is -1.95. The fraction of sp³-hybridized carbons (Fsp3) is 0.429. The summed E-state index contributed by atoms with van der Waals surface area (Å²) in [4.78, 5) is 0. The average molecular weight is 222 g/mol. The van der Waals surface area contributed by atoms with Gasteiger partial charge in [0.15, 0.2) is 0 Å². The van der Waals surface area contributed by atoms with Crippen molar-refractivity contribution in [2.45, 2.75) is 38.9 Å². The Morgan fingerprint density at radius 1 is 1.12 bits per heavy atom. The normalized spacial score (nSPS) is 13.2. The quantitative estimate of drug-likeness (QED) is 0.769. The first kappa shape index (κ1) is 14.9. The lowest BCUT2D eigenvalue weighted by molar-refractivity contribution is 0.173. The van der Waals surface area contributed by atoms with E-state index in [1.165, 1.54) is 6.08 Å². The van der Waals surface area contributed by atoms with E-state index in [2.05, 4.69) is 6.58 Å². The number of aliphatic hydroxyl groups is 2. The molecule has 1 aromatic rings. The molecule has 0 aliphatic heterocycles. The summed E-state index contributed by atoms with van der Waals surface area (Å²) in [6, 6.07) is 9.70. The molecule has 0 aromatic heterocycles. The molecule has 2 unspecified atom stereocenters. The van der Waals surface area contributed by atoms with Gasteiger partial charge in [-0.25, -0.2) is 0 Å². The van der Waals surface area contributed by atoms with E-state index in [4.69, 9.17) is 5.11 Å². The predicted molar refractivity (Wildman–Crippen MR) is 68.2 cm³/mol. The summed E-state index contributed by atoms with van der Waals surface area (Å²) in [6.07, 6.45) is 2.49. The van der Waals surface area contributed by atoms with Gasteiger partial charge < -0.3 is 10.2 Å². The molecule has 0 spiro atoms. The molecule has 0 bridgehead atoms. The fourth-order valence-electron chi connectivity index (χ4n) is 1.08. The molecule has 90 valence electrons. The van der Waals surface area contributed by atoms with Gasteiger partial charge in [0, 0.05) is 0 Å².